The second kappa shape index (κ2) is 10.8. The largest absolute Gasteiger partial charge is 0.513 e. The van der Waals surface area contributed by atoms with Crippen LogP contribution in [0.4, 0.5) is 4.39 Å². The van der Waals surface area contributed by atoms with Crippen LogP contribution in [0.5, 0.6) is 0 Å². The van der Waals surface area contributed by atoms with E-state index in [-0.39, 0.29) is 34.6 Å². The Bertz CT molecular complexity index is 714. The van der Waals surface area contributed by atoms with Crippen molar-refractivity contribution < 1.29 is 19.8 Å². The zero-order valence-corrected chi connectivity index (χ0v) is 19.5. The number of piperidine rings is 1. The van der Waals surface area contributed by atoms with Crippen LogP contribution in [0.15, 0.2) is 35.9 Å². The van der Waals surface area contributed by atoms with Crippen molar-refractivity contribution in [3.05, 3.63) is 35.9 Å². The molecule has 0 aromatic carbocycles. The van der Waals surface area contributed by atoms with Crippen LogP contribution in [0.3, 0.4) is 0 Å². The van der Waals surface area contributed by atoms with Gasteiger partial charge in [0.25, 0.3) is 0 Å². The Kier molecular flexibility index (Phi) is 8.90. The van der Waals surface area contributed by atoms with Crippen molar-refractivity contribution in [2.24, 2.45) is 29.1 Å². The number of aliphatic hydroxyl groups is 1. The molecule has 1 heterocycles. The molecule has 4 N–H and O–H groups in total. The highest BCUT2D eigenvalue weighted by Crippen LogP contribution is 2.43. The summed E-state index contributed by atoms with van der Waals surface area (Å²) in [6.45, 7) is 11.0. The van der Waals surface area contributed by atoms with E-state index in [1.807, 2.05) is 17.1 Å². The molecule has 0 aromatic heterocycles. The van der Waals surface area contributed by atoms with Crippen molar-refractivity contribution in [3.63, 3.8) is 0 Å². The van der Waals surface area contributed by atoms with Gasteiger partial charge < -0.3 is 20.8 Å². The highest BCUT2D eigenvalue weighted by atomic mass is 19.1. The lowest BCUT2D eigenvalue weighted by Crippen LogP contribution is -2.56. The van der Waals surface area contributed by atoms with Gasteiger partial charge >= 0.3 is 0 Å². The molecule has 31 heavy (non-hydrogen) atoms. The predicted molar refractivity (Wildman–Crippen MR) is 123 cm³/mol. The zero-order chi connectivity index (χ0) is 21.9. The fourth-order valence-electron chi connectivity index (χ4n) is 5.42. The standard InChI is InChI=1S/C25H39FN2O2.H2O/c1-17(2)23(27-15-18-5-11-21(29)12-6-18)24(30)28-14-13-22(25(3,4)16-28)19-7-9-20(26)10-8-19;/h7,9-11,17-19,22-23,27,29H,5-6,8,12-16H2,1-4H3;1H2/t18?,19?,22?,23-;/m1./s1. The predicted octanol–water partition coefficient (Wildman–Crippen LogP) is 4.32. The van der Waals surface area contributed by atoms with Gasteiger partial charge in [-0.25, -0.2) is 4.39 Å². The van der Waals surface area contributed by atoms with Crippen LogP contribution in [-0.2, 0) is 4.79 Å². The fraction of sp³-hybridized carbons (Fsp3) is 0.720. The van der Waals surface area contributed by atoms with Crippen LogP contribution in [0.2, 0.25) is 0 Å². The lowest BCUT2D eigenvalue weighted by atomic mass is 9.66. The number of nitrogens with one attached hydrogen (secondary N) is 1. The van der Waals surface area contributed by atoms with E-state index in [2.05, 4.69) is 33.0 Å². The first kappa shape index (κ1) is 25.6. The molecule has 4 atom stereocenters. The highest BCUT2D eigenvalue weighted by Gasteiger charge is 2.42. The number of carbonyl (C=O) groups is 1. The number of hydrogen-bond donors (Lipinski definition) is 2. The molecule has 0 saturated carbocycles. The van der Waals surface area contributed by atoms with Gasteiger partial charge in [0.2, 0.25) is 5.91 Å². The normalized spacial score (nSPS) is 29.1. The van der Waals surface area contributed by atoms with E-state index in [1.165, 1.54) is 0 Å². The monoisotopic (exact) mass is 436 g/mol. The molecule has 0 radical (unpaired) electrons. The first-order chi connectivity index (χ1) is 14.2. The molecule has 1 saturated heterocycles. The number of aliphatic hydroxyl groups excluding tert-OH is 1. The second-order valence-corrected chi connectivity index (χ2v) is 10.5. The minimum atomic E-state index is -0.177. The zero-order valence-electron chi connectivity index (χ0n) is 19.5. The van der Waals surface area contributed by atoms with E-state index < -0.39 is 0 Å². The third kappa shape index (κ3) is 6.42. The molecule has 3 rings (SSSR count). The lowest BCUT2D eigenvalue weighted by Gasteiger charge is -2.48. The smallest absolute Gasteiger partial charge is 0.239 e. The minimum Gasteiger partial charge on any atom is -0.513 e. The number of halogens is 1. The van der Waals surface area contributed by atoms with Crippen LogP contribution in [-0.4, -0.2) is 47.1 Å². The van der Waals surface area contributed by atoms with Gasteiger partial charge in [-0.3, -0.25) is 4.79 Å². The molecule has 1 fully saturated rings. The topological polar surface area (TPSA) is 84.1 Å². The fourth-order valence-corrected chi connectivity index (χ4v) is 5.42. The van der Waals surface area contributed by atoms with Crippen LogP contribution in [0, 0.1) is 29.1 Å². The quantitative estimate of drug-likeness (QED) is 0.650. The van der Waals surface area contributed by atoms with Gasteiger partial charge in [0.05, 0.1) is 11.8 Å². The van der Waals surface area contributed by atoms with Crippen molar-refractivity contribution in [3.8, 4) is 0 Å². The molecule has 176 valence electrons. The molecule has 0 bridgehead atoms. The second-order valence-electron chi connectivity index (χ2n) is 10.5. The Balaban J connectivity index is 0.00000341. The van der Waals surface area contributed by atoms with Crippen molar-refractivity contribution in [1.82, 2.24) is 10.2 Å². The third-order valence-electron chi connectivity index (χ3n) is 7.28. The maximum Gasteiger partial charge on any atom is 0.239 e. The summed E-state index contributed by atoms with van der Waals surface area (Å²) in [5, 5.41) is 13.1. The van der Waals surface area contributed by atoms with E-state index in [9.17, 15) is 14.3 Å². The Hall–Kier alpha value is -1.66. The van der Waals surface area contributed by atoms with Gasteiger partial charge in [-0.15, -0.1) is 0 Å². The summed E-state index contributed by atoms with van der Waals surface area (Å²) in [7, 11) is 0. The number of nitrogens with zero attached hydrogens (tertiary/aromatic N) is 1. The van der Waals surface area contributed by atoms with Gasteiger partial charge in [0.1, 0.15) is 5.83 Å². The van der Waals surface area contributed by atoms with Gasteiger partial charge in [-0.05, 0) is 79.5 Å². The number of amides is 1. The summed E-state index contributed by atoms with van der Waals surface area (Å²) in [6.07, 6.45) is 11.5. The van der Waals surface area contributed by atoms with E-state index in [4.69, 9.17) is 0 Å². The Morgan fingerprint density at radius 2 is 2.03 bits per heavy atom. The number of carbonyl (C=O) groups excluding carboxylic acids is 1. The number of allylic oxidation sites excluding steroid dienone is 6. The van der Waals surface area contributed by atoms with Crippen LogP contribution >= 0.6 is 0 Å². The SMILES string of the molecule is CC(C)[C@@H](NCC1CC=C(O)CC1)C(=O)N1CCC(C2C=CC(F)=CC2)C(C)(C)C1.O. The van der Waals surface area contributed by atoms with Crippen molar-refractivity contribution >= 4 is 5.91 Å². The van der Waals surface area contributed by atoms with Crippen molar-refractivity contribution in [2.45, 2.75) is 65.8 Å². The molecule has 3 aliphatic rings. The molecule has 0 spiro atoms. The molecule has 0 aromatic rings. The average molecular weight is 437 g/mol. The molecule has 2 aliphatic carbocycles. The van der Waals surface area contributed by atoms with Gasteiger partial charge in [-0.1, -0.05) is 33.8 Å². The first-order valence-electron chi connectivity index (χ1n) is 11.6. The molecule has 1 aliphatic heterocycles. The maximum absolute atomic E-state index is 13.4. The number of likely N-dealkylation sites (tertiary alicyclic amines) is 1. The Morgan fingerprint density at radius 3 is 2.58 bits per heavy atom. The van der Waals surface area contributed by atoms with Gasteiger partial charge in [-0.2, -0.15) is 0 Å². The number of rotatable bonds is 6. The highest BCUT2D eigenvalue weighted by molar-refractivity contribution is 5.82. The van der Waals surface area contributed by atoms with Gasteiger partial charge in [0, 0.05) is 19.5 Å². The summed E-state index contributed by atoms with van der Waals surface area (Å²) < 4.78 is 13.4. The van der Waals surface area contributed by atoms with E-state index in [0.717, 1.165) is 51.7 Å². The van der Waals surface area contributed by atoms with Crippen LogP contribution < -0.4 is 5.32 Å². The van der Waals surface area contributed by atoms with Gasteiger partial charge in [0.15, 0.2) is 0 Å². The van der Waals surface area contributed by atoms with Crippen LogP contribution in [0.1, 0.15) is 59.8 Å². The summed E-state index contributed by atoms with van der Waals surface area (Å²) in [5.74, 6) is 2.07. The summed E-state index contributed by atoms with van der Waals surface area (Å²) in [5.41, 5.74) is -0.00219. The first-order valence-corrected chi connectivity index (χ1v) is 11.6. The van der Waals surface area contributed by atoms with E-state index >= 15 is 0 Å². The molecular weight excluding hydrogens is 395 g/mol. The summed E-state index contributed by atoms with van der Waals surface area (Å²) >= 11 is 0. The van der Waals surface area contributed by atoms with E-state index in [0.29, 0.717) is 23.5 Å². The molecule has 1 amide bonds. The minimum absolute atomic E-state index is 0. The number of hydrogen-bond acceptors (Lipinski definition) is 3. The summed E-state index contributed by atoms with van der Waals surface area (Å²) in [6, 6.07) is -0.177. The Morgan fingerprint density at radius 1 is 1.29 bits per heavy atom. The van der Waals surface area contributed by atoms with Crippen LogP contribution in [0.25, 0.3) is 0 Å². The molecular formula is C25H41FN2O3. The average Bonchev–Trinajstić information content (AvgIpc) is 2.69. The molecule has 3 unspecified atom stereocenters. The molecule has 6 heteroatoms. The lowest BCUT2D eigenvalue weighted by molar-refractivity contribution is -0.139. The molecule has 5 nitrogen and oxygen atoms in total. The third-order valence-corrected chi connectivity index (χ3v) is 7.28. The van der Waals surface area contributed by atoms with Crippen molar-refractivity contribution in [1.29, 1.82) is 0 Å². The van der Waals surface area contributed by atoms with Crippen molar-refractivity contribution in [2.75, 3.05) is 19.6 Å². The Labute approximate surface area is 186 Å². The maximum atomic E-state index is 13.4. The van der Waals surface area contributed by atoms with E-state index in [1.54, 1.807) is 12.2 Å². The summed E-state index contributed by atoms with van der Waals surface area (Å²) in [4.78, 5) is 15.5.